The summed E-state index contributed by atoms with van der Waals surface area (Å²) in [6.45, 7) is 4.39. The lowest BCUT2D eigenvalue weighted by molar-refractivity contribution is -0.135. The molecule has 7 rings (SSSR count). The van der Waals surface area contributed by atoms with E-state index in [1.165, 1.54) is 10.1 Å². The zero-order valence-electron chi connectivity index (χ0n) is 27.2. The van der Waals surface area contributed by atoms with E-state index >= 15 is 0 Å². The van der Waals surface area contributed by atoms with Crippen LogP contribution in [0.15, 0.2) is 59.5 Å². The normalized spacial score (nSPS) is 17.8. The number of imidazole rings is 1. The van der Waals surface area contributed by atoms with E-state index in [2.05, 4.69) is 31.6 Å². The maximum atomic E-state index is 13.2. The van der Waals surface area contributed by atoms with Gasteiger partial charge in [0.15, 0.2) is 5.65 Å². The number of phenolic OH excluding ortho intramolecular Hbond substituents is 1. The van der Waals surface area contributed by atoms with Crippen LogP contribution in [-0.4, -0.2) is 79.0 Å². The minimum atomic E-state index is -0.684. The second-order valence-electron chi connectivity index (χ2n) is 12.9. The van der Waals surface area contributed by atoms with E-state index in [0.717, 1.165) is 79.4 Å². The molecule has 2 aliphatic heterocycles. The second kappa shape index (κ2) is 13.7. The van der Waals surface area contributed by atoms with Gasteiger partial charge in [0.25, 0.3) is 0 Å². The highest BCUT2D eigenvalue weighted by Crippen LogP contribution is 2.35. The lowest BCUT2D eigenvalue weighted by Gasteiger charge is -2.31. The van der Waals surface area contributed by atoms with Crippen LogP contribution in [-0.2, 0) is 27.8 Å². The molecule has 12 heteroatoms. The smallest absolute Gasteiger partial charge is 0.329 e. The average molecular weight is 652 g/mol. The fourth-order valence-corrected chi connectivity index (χ4v) is 7.38. The number of H-pyrrole nitrogens is 1. The Morgan fingerprint density at radius 1 is 0.979 bits per heavy atom. The Labute approximate surface area is 277 Å². The highest BCUT2D eigenvalue weighted by atomic mass is 16.5. The first kappa shape index (κ1) is 31.8. The van der Waals surface area contributed by atoms with Crippen molar-refractivity contribution in [1.29, 1.82) is 0 Å². The van der Waals surface area contributed by atoms with Gasteiger partial charge in [0.1, 0.15) is 11.8 Å². The number of para-hydroxylation sites is 2. The van der Waals surface area contributed by atoms with Crippen LogP contribution >= 0.6 is 0 Å². The van der Waals surface area contributed by atoms with E-state index in [1.807, 2.05) is 36.4 Å². The predicted octanol–water partition coefficient (Wildman–Crippen LogP) is 4.18. The summed E-state index contributed by atoms with van der Waals surface area (Å²) in [5, 5.41) is 22.4. The third kappa shape index (κ3) is 6.25. The number of imide groups is 1. The molecule has 3 aromatic heterocycles. The van der Waals surface area contributed by atoms with Crippen molar-refractivity contribution in [3.63, 3.8) is 0 Å². The molecule has 5 aromatic rings. The SMILES string of the molecule is Cn1c(=O)n(C2CCC(=O)NC2=O)c2cccc(CCCOCCCN3CCC(c4c[nH]c5nnc(-c6ccccc6O)cc45)CC3)c21. The van der Waals surface area contributed by atoms with E-state index < -0.39 is 11.9 Å². The van der Waals surface area contributed by atoms with Crippen LogP contribution < -0.4 is 11.0 Å². The summed E-state index contributed by atoms with van der Waals surface area (Å²) in [7, 11) is 1.74. The molecule has 0 aliphatic carbocycles. The fraction of sp³-hybridized carbons (Fsp3) is 0.417. The topological polar surface area (TPSA) is 147 Å². The molecule has 1 atom stereocenters. The number of amides is 2. The van der Waals surface area contributed by atoms with E-state index in [0.29, 0.717) is 36.8 Å². The molecule has 2 fully saturated rings. The molecule has 0 saturated carbocycles. The number of aryl methyl sites for hydroxylation is 2. The quantitative estimate of drug-likeness (QED) is 0.142. The molecule has 2 saturated heterocycles. The number of aromatic hydroxyl groups is 1. The number of piperidine rings is 2. The highest BCUT2D eigenvalue weighted by molar-refractivity contribution is 6.00. The first-order chi connectivity index (χ1) is 23.4. The van der Waals surface area contributed by atoms with E-state index in [4.69, 9.17) is 4.74 Å². The molecule has 0 spiro atoms. The van der Waals surface area contributed by atoms with Crippen LogP contribution in [0.25, 0.3) is 33.3 Å². The summed E-state index contributed by atoms with van der Waals surface area (Å²) in [4.78, 5) is 43.1. The maximum absolute atomic E-state index is 13.2. The average Bonchev–Trinajstić information content (AvgIpc) is 3.63. The number of phenols is 1. The fourth-order valence-electron chi connectivity index (χ4n) is 7.38. The molecule has 2 amide bonds. The molecule has 2 aromatic carbocycles. The van der Waals surface area contributed by atoms with Crippen molar-refractivity contribution in [2.75, 3.05) is 32.8 Å². The Kier molecular flexibility index (Phi) is 9.09. The van der Waals surface area contributed by atoms with Crippen LogP contribution in [0.1, 0.15) is 61.6 Å². The summed E-state index contributed by atoms with van der Waals surface area (Å²) in [6.07, 6.45) is 7.30. The first-order valence-corrected chi connectivity index (χ1v) is 16.8. The van der Waals surface area contributed by atoms with E-state index in [1.54, 1.807) is 23.7 Å². The molecule has 5 heterocycles. The zero-order valence-corrected chi connectivity index (χ0v) is 27.2. The maximum Gasteiger partial charge on any atom is 0.329 e. The number of aromatic amines is 1. The van der Waals surface area contributed by atoms with Crippen molar-refractivity contribution < 1.29 is 19.4 Å². The molecule has 250 valence electrons. The van der Waals surface area contributed by atoms with Gasteiger partial charge in [0.05, 0.1) is 16.7 Å². The van der Waals surface area contributed by atoms with Crippen LogP contribution in [0.3, 0.4) is 0 Å². The third-order valence-corrected chi connectivity index (χ3v) is 9.88. The van der Waals surface area contributed by atoms with Crippen LogP contribution in [0.4, 0.5) is 0 Å². The van der Waals surface area contributed by atoms with E-state index in [-0.39, 0.29) is 23.8 Å². The van der Waals surface area contributed by atoms with Gasteiger partial charge in [-0.25, -0.2) is 4.79 Å². The first-order valence-electron chi connectivity index (χ1n) is 16.8. The molecular formula is C36H41N7O5. The number of nitrogens with zero attached hydrogens (tertiary/aromatic N) is 5. The second-order valence-corrected chi connectivity index (χ2v) is 12.9. The van der Waals surface area contributed by atoms with Crippen LogP contribution in [0.2, 0.25) is 0 Å². The van der Waals surface area contributed by atoms with Gasteiger partial charge in [0.2, 0.25) is 11.8 Å². The van der Waals surface area contributed by atoms with Crippen LogP contribution in [0.5, 0.6) is 5.75 Å². The largest absolute Gasteiger partial charge is 0.507 e. The predicted molar refractivity (Wildman–Crippen MR) is 182 cm³/mol. The summed E-state index contributed by atoms with van der Waals surface area (Å²) in [5.74, 6) is -0.0780. The zero-order chi connectivity index (χ0) is 33.2. The van der Waals surface area contributed by atoms with Crippen molar-refractivity contribution in [3.8, 4) is 17.0 Å². The molecule has 12 nitrogen and oxygen atoms in total. The van der Waals surface area contributed by atoms with Crippen LogP contribution in [0, 0.1) is 0 Å². The number of carbonyl (C=O) groups excluding carboxylic acids is 2. The molecule has 2 aliphatic rings. The number of rotatable bonds is 11. The molecule has 0 radical (unpaired) electrons. The van der Waals surface area contributed by atoms with Gasteiger partial charge in [-0.05, 0) is 92.9 Å². The molecule has 3 N–H and O–H groups in total. The molecule has 1 unspecified atom stereocenters. The number of aromatic nitrogens is 5. The van der Waals surface area contributed by atoms with Gasteiger partial charge < -0.3 is 19.7 Å². The Balaban J connectivity index is 0.868. The number of likely N-dealkylation sites (tertiary alicyclic amines) is 1. The van der Waals surface area contributed by atoms with Crippen molar-refractivity contribution >= 4 is 33.9 Å². The Morgan fingerprint density at radius 3 is 2.60 bits per heavy atom. The monoisotopic (exact) mass is 651 g/mol. The Hall–Kier alpha value is -4.81. The standard InChI is InChI=1S/C36H41N7O5/c1-41-33-24(7-4-10-29(33)43(36(41)47)30-12-13-32(45)38-35(30)46)8-5-19-48-20-6-16-42-17-14-23(15-18-42)27-22-37-34-26(27)21-28(39-40-34)25-9-2-3-11-31(25)44/h2-4,7,9-11,21-23,30,44H,5-6,8,12-20H2,1H3,(H,37,40)(H,38,45,46). The van der Waals surface area contributed by atoms with Gasteiger partial charge in [-0.15, -0.1) is 10.2 Å². The summed E-state index contributed by atoms with van der Waals surface area (Å²) >= 11 is 0. The number of hydrogen-bond donors (Lipinski definition) is 3. The van der Waals surface area contributed by atoms with Gasteiger partial charge in [-0.2, -0.15) is 0 Å². The minimum absolute atomic E-state index is 0.200. The Bertz CT molecular complexity index is 2020. The van der Waals surface area contributed by atoms with Crippen molar-refractivity contribution in [2.45, 2.75) is 56.9 Å². The number of nitrogens with one attached hydrogen (secondary N) is 2. The molecule has 0 bridgehead atoms. The third-order valence-electron chi connectivity index (χ3n) is 9.88. The van der Waals surface area contributed by atoms with Crippen molar-refractivity contribution in [2.24, 2.45) is 7.05 Å². The minimum Gasteiger partial charge on any atom is -0.507 e. The number of hydrogen-bond acceptors (Lipinski definition) is 8. The van der Waals surface area contributed by atoms with Crippen molar-refractivity contribution in [1.82, 2.24) is 34.5 Å². The molecular weight excluding hydrogens is 610 g/mol. The van der Waals surface area contributed by atoms with Crippen molar-refractivity contribution in [3.05, 3.63) is 76.3 Å². The Morgan fingerprint density at radius 2 is 1.79 bits per heavy atom. The highest BCUT2D eigenvalue weighted by Gasteiger charge is 2.31. The van der Waals surface area contributed by atoms with E-state index in [9.17, 15) is 19.5 Å². The number of carbonyl (C=O) groups is 2. The lowest BCUT2D eigenvalue weighted by atomic mass is 9.89. The summed E-state index contributed by atoms with van der Waals surface area (Å²) in [6, 6.07) is 14.4. The van der Waals surface area contributed by atoms with Gasteiger partial charge in [0, 0.05) is 50.4 Å². The van der Waals surface area contributed by atoms with Gasteiger partial charge >= 0.3 is 5.69 Å². The number of fused-ring (bicyclic) bond motifs is 2. The van der Waals surface area contributed by atoms with Gasteiger partial charge in [-0.1, -0.05) is 24.3 Å². The van der Waals surface area contributed by atoms with Gasteiger partial charge in [-0.3, -0.25) is 24.0 Å². The lowest BCUT2D eigenvalue weighted by Crippen LogP contribution is -2.44. The summed E-state index contributed by atoms with van der Waals surface area (Å²) in [5.41, 5.74) is 5.73. The molecule has 48 heavy (non-hydrogen) atoms. The summed E-state index contributed by atoms with van der Waals surface area (Å²) < 4.78 is 9.14. The number of ether oxygens (including phenoxy) is 1. The number of benzene rings is 2.